The predicted molar refractivity (Wildman–Crippen MR) is 119 cm³/mol. The number of ketones is 1. The lowest BCUT2D eigenvalue weighted by molar-refractivity contribution is -0.128. The summed E-state index contributed by atoms with van der Waals surface area (Å²) in [5, 5.41) is 8.41. The Morgan fingerprint density at radius 1 is 1.19 bits per heavy atom. The number of carbonyl (C=O) groups excluding carboxylic acids is 2. The van der Waals surface area contributed by atoms with E-state index < -0.39 is 0 Å². The van der Waals surface area contributed by atoms with E-state index in [-0.39, 0.29) is 17.4 Å². The molecule has 0 N–H and O–H groups in total. The minimum absolute atomic E-state index is 0.0655. The fourth-order valence-electron chi connectivity index (χ4n) is 4.41. The third-order valence-electron chi connectivity index (χ3n) is 6.19. The van der Waals surface area contributed by atoms with Crippen molar-refractivity contribution in [2.75, 3.05) is 12.3 Å². The molecule has 166 valence electrons. The summed E-state index contributed by atoms with van der Waals surface area (Å²) in [4.78, 5) is 26.3. The maximum atomic E-state index is 12.9. The molecule has 4 rings (SSSR count). The van der Waals surface area contributed by atoms with Gasteiger partial charge >= 0.3 is 0 Å². The smallest absolute Gasteiger partial charge is 0.277 e. The molecule has 0 radical (unpaired) electrons. The van der Waals surface area contributed by atoms with Gasteiger partial charge in [0.15, 0.2) is 5.78 Å². The van der Waals surface area contributed by atoms with Crippen LogP contribution in [0.4, 0.5) is 0 Å². The molecule has 31 heavy (non-hydrogen) atoms. The zero-order valence-electron chi connectivity index (χ0n) is 18.4. The number of likely N-dealkylation sites (tertiary alicyclic amines) is 1. The van der Waals surface area contributed by atoms with Crippen LogP contribution in [-0.2, 0) is 17.9 Å². The molecule has 7 nitrogen and oxygen atoms in total. The first-order valence-corrected chi connectivity index (χ1v) is 12.1. The van der Waals surface area contributed by atoms with Gasteiger partial charge in [0.2, 0.25) is 11.8 Å². The Bertz CT molecular complexity index is 991. The van der Waals surface area contributed by atoms with Crippen molar-refractivity contribution >= 4 is 23.5 Å². The number of hydrogen-bond donors (Lipinski definition) is 0. The molecule has 0 saturated carbocycles. The quantitative estimate of drug-likeness (QED) is 0.324. The van der Waals surface area contributed by atoms with Gasteiger partial charge in [-0.25, -0.2) is 0 Å². The number of aromatic nitrogens is 3. The molecule has 8 heteroatoms. The van der Waals surface area contributed by atoms with Crippen LogP contribution in [0.5, 0.6) is 0 Å². The SMILES string of the molecule is Cc1cc(C(=O)CSc2nnc(CN3CCCC3=O)o2)c(C)n1CCC1=CCCCC1. The fraction of sp³-hybridized carbons (Fsp3) is 0.565. The van der Waals surface area contributed by atoms with Gasteiger partial charge in [-0.15, -0.1) is 10.2 Å². The van der Waals surface area contributed by atoms with Gasteiger partial charge in [0, 0.05) is 36.5 Å². The number of Topliss-reactive ketones (excluding diaryl/α,β-unsaturated/α-hetero) is 1. The number of aryl methyl sites for hydroxylation is 1. The summed E-state index contributed by atoms with van der Waals surface area (Å²) in [6.45, 7) is 6.09. The molecule has 1 saturated heterocycles. The van der Waals surface area contributed by atoms with E-state index >= 15 is 0 Å². The highest BCUT2D eigenvalue weighted by Gasteiger charge is 2.23. The summed E-state index contributed by atoms with van der Waals surface area (Å²) in [7, 11) is 0. The predicted octanol–water partition coefficient (Wildman–Crippen LogP) is 4.48. The number of nitrogens with zero attached hydrogens (tertiary/aromatic N) is 4. The molecule has 3 heterocycles. The van der Waals surface area contributed by atoms with Crippen LogP contribution in [0.2, 0.25) is 0 Å². The zero-order chi connectivity index (χ0) is 21.8. The minimum Gasteiger partial charge on any atom is -0.414 e. The Morgan fingerprint density at radius 3 is 2.81 bits per heavy atom. The average Bonchev–Trinajstić information content (AvgIpc) is 3.46. The molecule has 1 fully saturated rings. The van der Waals surface area contributed by atoms with E-state index in [2.05, 4.69) is 27.8 Å². The van der Waals surface area contributed by atoms with E-state index in [1.54, 1.807) is 10.5 Å². The number of thioether (sulfide) groups is 1. The Hall–Kier alpha value is -2.35. The molecule has 0 aromatic carbocycles. The van der Waals surface area contributed by atoms with Crippen LogP contribution in [0, 0.1) is 13.8 Å². The third-order valence-corrected chi connectivity index (χ3v) is 7.01. The lowest BCUT2D eigenvalue weighted by Crippen LogP contribution is -2.23. The van der Waals surface area contributed by atoms with Gasteiger partial charge in [-0.05, 0) is 58.4 Å². The van der Waals surface area contributed by atoms with Gasteiger partial charge in [-0.2, -0.15) is 0 Å². The normalized spacial score (nSPS) is 16.8. The first-order valence-electron chi connectivity index (χ1n) is 11.1. The summed E-state index contributed by atoms with van der Waals surface area (Å²) >= 11 is 1.25. The lowest BCUT2D eigenvalue weighted by Gasteiger charge is -2.15. The second-order valence-corrected chi connectivity index (χ2v) is 9.31. The van der Waals surface area contributed by atoms with Crippen molar-refractivity contribution in [3.05, 3.63) is 40.6 Å². The van der Waals surface area contributed by atoms with Crippen LogP contribution in [0.25, 0.3) is 0 Å². The zero-order valence-corrected chi connectivity index (χ0v) is 19.2. The molecule has 1 aliphatic heterocycles. The number of amides is 1. The van der Waals surface area contributed by atoms with Crippen molar-refractivity contribution in [2.24, 2.45) is 0 Å². The highest BCUT2D eigenvalue weighted by molar-refractivity contribution is 7.99. The van der Waals surface area contributed by atoms with Gasteiger partial charge < -0.3 is 13.9 Å². The first kappa shape index (κ1) is 21.9. The molecule has 0 atom stereocenters. The van der Waals surface area contributed by atoms with Crippen molar-refractivity contribution in [1.29, 1.82) is 0 Å². The number of rotatable bonds is 9. The first-order chi connectivity index (χ1) is 15.0. The lowest BCUT2D eigenvalue weighted by atomic mass is 9.97. The maximum Gasteiger partial charge on any atom is 0.277 e. The molecule has 2 aromatic rings. The van der Waals surface area contributed by atoms with Crippen molar-refractivity contribution in [3.8, 4) is 0 Å². The van der Waals surface area contributed by atoms with Crippen LogP contribution in [0.3, 0.4) is 0 Å². The van der Waals surface area contributed by atoms with Gasteiger partial charge in [-0.3, -0.25) is 9.59 Å². The summed E-state index contributed by atoms with van der Waals surface area (Å²) in [6, 6.07) is 1.99. The van der Waals surface area contributed by atoms with E-state index in [0.29, 0.717) is 24.1 Å². The standard InChI is InChI=1S/C23H30N4O3S/c1-16-13-19(17(2)27(16)12-10-18-7-4-3-5-8-18)20(28)15-31-23-25-24-21(30-23)14-26-11-6-9-22(26)29/h7,13H,3-6,8-12,14-15H2,1-2H3. The number of hydrogen-bond acceptors (Lipinski definition) is 6. The Balaban J connectivity index is 1.32. The van der Waals surface area contributed by atoms with Crippen LogP contribution in [0.15, 0.2) is 27.4 Å². The van der Waals surface area contributed by atoms with Crippen LogP contribution < -0.4 is 0 Å². The highest BCUT2D eigenvalue weighted by Crippen LogP contribution is 2.25. The summed E-state index contributed by atoms with van der Waals surface area (Å²) in [5.74, 6) is 0.855. The Morgan fingerprint density at radius 2 is 2.06 bits per heavy atom. The van der Waals surface area contributed by atoms with Crippen LogP contribution >= 0.6 is 11.8 Å². The summed E-state index contributed by atoms with van der Waals surface area (Å²) < 4.78 is 7.88. The van der Waals surface area contributed by atoms with Crippen LogP contribution in [0.1, 0.15) is 72.6 Å². The van der Waals surface area contributed by atoms with Gasteiger partial charge in [0.05, 0.1) is 12.3 Å². The van der Waals surface area contributed by atoms with Crippen molar-refractivity contribution in [1.82, 2.24) is 19.7 Å². The van der Waals surface area contributed by atoms with E-state index in [9.17, 15) is 9.59 Å². The van der Waals surface area contributed by atoms with E-state index in [1.165, 1.54) is 37.4 Å². The largest absolute Gasteiger partial charge is 0.414 e. The molecule has 1 amide bonds. The minimum atomic E-state index is 0.0655. The average molecular weight is 443 g/mol. The topological polar surface area (TPSA) is 81.2 Å². The Kier molecular flexibility index (Phi) is 6.95. The summed E-state index contributed by atoms with van der Waals surface area (Å²) in [5.41, 5.74) is 4.46. The van der Waals surface area contributed by atoms with Crippen molar-refractivity contribution in [2.45, 2.75) is 77.1 Å². The third kappa shape index (κ3) is 5.29. The molecule has 2 aliphatic rings. The molecule has 0 spiro atoms. The second-order valence-electron chi connectivity index (χ2n) is 8.39. The maximum absolute atomic E-state index is 12.9. The Labute approximate surface area is 187 Å². The van der Waals surface area contributed by atoms with Gasteiger partial charge in [0.1, 0.15) is 0 Å². The van der Waals surface area contributed by atoms with Crippen molar-refractivity contribution in [3.63, 3.8) is 0 Å². The van der Waals surface area contributed by atoms with Gasteiger partial charge in [0.25, 0.3) is 5.22 Å². The van der Waals surface area contributed by atoms with Gasteiger partial charge in [-0.1, -0.05) is 23.4 Å². The van der Waals surface area contributed by atoms with Crippen LogP contribution in [-0.4, -0.2) is 43.7 Å². The molecule has 0 unspecified atom stereocenters. The second kappa shape index (κ2) is 9.85. The van der Waals surface area contributed by atoms with E-state index in [0.717, 1.165) is 42.9 Å². The molecular weight excluding hydrogens is 412 g/mol. The molecule has 1 aliphatic carbocycles. The molecule has 2 aromatic heterocycles. The monoisotopic (exact) mass is 442 g/mol. The summed E-state index contributed by atoms with van der Waals surface area (Å²) in [6.07, 6.45) is 9.91. The van der Waals surface area contributed by atoms with E-state index in [1.807, 2.05) is 13.0 Å². The number of carbonyl (C=O) groups is 2. The highest BCUT2D eigenvalue weighted by atomic mass is 32.2. The van der Waals surface area contributed by atoms with E-state index in [4.69, 9.17) is 4.42 Å². The fourth-order valence-corrected chi connectivity index (χ4v) is 5.08. The molecule has 0 bridgehead atoms. The van der Waals surface area contributed by atoms with Crippen molar-refractivity contribution < 1.29 is 14.0 Å². The molecular formula is C23H30N4O3S. The number of allylic oxidation sites excluding steroid dienone is 2.